The lowest BCUT2D eigenvalue weighted by Crippen LogP contribution is -2.54. The zero-order valence-electron chi connectivity index (χ0n) is 25.2. The van der Waals surface area contributed by atoms with Gasteiger partial charge in [-0.3, -0.25) is 9.69 Å². The molecule has 0 bridgehead atoms. The van der Waals surface area contributed by atoms with Crippen molar-refractivity contribution in [1.29, 1.82) is 0 Å². The topological polar surface area (TPSA) is 62.3 Å². The van der Waals surface area contributed by atoms with Crippen molar-refractivity contribution in [2.45, 2.75) is 95.4 Å². The molecule has 0 saturated carbocycles. The summed E-state index contributed by atoms with van der Waals surface area (Å²) in [4.78, 5) is 30.4. The van der Waals surface area contributed by atoms with Crippen LogP contribution in [0.4, 0.5) is 36.8 Å². The van der Waals surface area contributed by atoms with Gasteiger partial charge in [-0.2, -0.15) is 26.3 Å². The number of hydrogen-bond acceptors (Lipinski definition) is 6. The Morgan fingerprint density at radius 3 is 2.14 bits per heavy atom. The van der Waals surface area contributed by atoms with Gasteiger partial charge in [-0.1, -0.05) is 12.0 Å². The lowest BCUT2D eigenvalue weighted by Gasteiger charge is -2.45. The van der Waals surface area contributed by atoms with Crippen LogP contribution in [0.1, 0.15) is 70.4 Å². The number of carbonyl (C=O) groups excluding carboxylic acids is 2. The molecule has 1 aromatic carbocycles. The molecule has 3 fully saturated rings. The third kappa shape index (κ3) is 7.92. The summed E-state index contributed by atoms with van der Waals surface area (Å²) in [5, 5.41) is 0. The quantitative estimate of drug-likeness (QED) is 0.217. The smallest absolute Gasteiger partial charge is 0.434 e. The van der Waals surface area contributed by atoms with Gasteiger partial charge in [0.25, 0.3) is 6.10 Å². The zero-order chi connectivity index (χ0) is 32.5. The molecule has 4 rings (SSSR count). The molecule has 0 aromatic heterocycles. The zero-order valence-corrected chi connectivity index (χ0v) is 25.2. The summed E-state index contributed by atoms with van der Waals surface area (Å²) in [5.41, 5.74) is 1.81. The van der Waals surface area contributed by atoms with Gasteiger partial charge in [0.1, 0.15) is 5.60 Å². The van der Waals surface area contributed by atoms with Crippen LogP contribution in [0, 0.1) is 18.3 Å². The van der Waals surface area contributed by atoms with Crippen LogP contribution in [-0.2, 0) is 20.8 Å². The van der Waals surface area contributed by atoms with Gasteiger partial charge >= 0.3 is 24.4 Å². The van der Waals surface area contributed by atoms with E-state index < -0.39 is 30.2 Å². The van der Waals surface area contributed by atoms with E-state index in [0.717, 1.165) is 41.1 Å². The maximum absolute atomic E-state index is 12.9. The molecule has 0 atom stereocenters. The molecule has 0 N–H and O–H groups in total. The molecular formula is C31H39F6N3O4. The van der Waals surface area contributed by atoms with E-state index in [1.54, 1.807) is 0 Å². The second-order valence-corrected chi connectivity index (χ2v) is 12.9. The predicted octanol–water partition coefficient (Wildman–Crippen LogP) is 6.29. The van der Waals surface area contributed by atoms with Crippen molar-refractivity contribution in [2.75, 3.05) is 37.6 Å². The summed E-state index contributed by atoms with van der Waals surface area (Å²) in [6, 6.07) is 5.81. The highest BCUT2D eigenvalue weighted by molar-refractivity contribution is 5.73. The first-order valence-corrected chi connectivity index (χ1v) is 14.8. The second-order valence-electron chi connectivity index (χ2n) is 12.9. The van der Waals surface area contributed by atoms with Gasteiger partial charge in [0.05, 0.1) is 5.92 Å². The van der Waals surface area contributed by atoms with E-state index in [-0.39, 0.29) is 30.5 Å². The highest BCUT2D eigenvalue weighted by Gasteiger charge is 2.60. The van der Waals surface area contributed by atoms with Gasteiger partial charge in [0, 0.05) is 49.5 Å². The third-order valence-electron chi connectivity index (χ3n) is 8.70. The predicted molar refractivity (Wildman–Crippen MR) is 151 cm³/mol. The molecule has 244 valence electrons. The fourth-order valence-corrected chi connectivity index (χ4v) is 6.44. The molecule has 1 aromatic rings. The average molecular weight is 632 g/mol. The average Bonchev–Trinajstić information content (AvgIpc) is 3.31. The summed E-state index contributed by atoms with van der Waals surface area (Å²) in [5.74, 6) is 2.29. The standard InChI is InChI=1S/C31H39F6N3O4/c1-5-21-7-8-23(24(19-21)38-15-9-22(10-16-38)25(41)44-28(2,3)4)20-40-14-6-11-29(40)12-17-39(18-13-29)27(42)43-26(30(32,33)34)31(35,36)37/h1,7-8,19,22,26H,6,9-18,20H2,2-4H3. The highest BCUT2D eigenvalue weighted by atomic mass is 19.4. The number of likely N-dealkylation sites (tertiary alicyclic amines) is 2. The maximum Gasteiger partial charge on any atom is 0.434 e. The summed E-state index contributed by atoms with van der Waals surface area (Å²) in [6.07, 6.45) is -7.88. The number of halogens is 6. The second kappa shape index (κ2) is 12.7. The number of benzene rings is 1. The largest absolute Gasteiger partial charge is 0.460 e. The molecule has 44 heavy (non-hydrogen) atoms. The number of rotatable bonds is 5. The van der Waals surface area contributed by atoms with Crippen LogP contribution < -0.4 is 4.90 Å². The summed E-state index contributed by atoms with van der Waals surface area (Å²) in [6.45, 7) is 8.10. The van der Waals surface area contributed by atoms with Crippen LogP contribution in [0.5, 0.6) is 0 Å². The number of nitrogens with zero attached hydrogens (tertiary/aromatic N) is 3. The number of piperidine rings is 2. The van der Waals surface area contributed by atoms with Crippen LogP contribution in [0.25, 0.3) is 0 Å². The van der Waals surface area contributed by atoms with E-state index >= 15 is 0 Å². The molecule has 0 radical (unpaired) electrons. The Morgan fingerprint density at radius 1 is 0.977 bits per heavy atom. The third-order valence-corrected chi connectivity index (χ3v) is 8.70. The molecule has 3 saturated heterocycles. The number of ether oxygens (including phenoxy) is 2. The highest BCUT2D eigenvalue weighted by Crippen LogP contribution is 2.42. The lowest BCUT2D eigenvalue weighted by molar-refractivity contribution is -0.308. The van der Waals surface area contributed by atoms with Crippen molar-refractivity contribution in [2.24, 2.45) is 5.92 Å². The Hall–Kier alpha value is -3.14. The van der Waals surface area contributed by atoms with E-state index in [0.29, 0.717) is 45.3 Å². The Balaban J connectivity index is 1.43. The minimum atomic E-state index is -5.76. The Labute approximate surface area is 253 Å². The fourth-order valence-electron chi connectivity index (χ4n) is 6.44. The van der Waals surface area contributed by atoms with Gasteiger partial charge < -0.3 is 19.3 Å². The van der Waals surface area contributed by atoms with E-state index in [2.05, 4.69) is 20.5 Å². The molecule has 1 amide bonds. The maximum atomic E-state index is 12.9. The Bertz CT molecular complexity index is 1220. The fraction of sp³-hybridized carbons (Fsp3) is 0.677. The normalized spacial score (nSPS) is 20.2. The molecule has 0 unspecified atom stereocenters. The summed E-state index contributed by atoms with van der Waals surface area (Å²) >= 11 is 0. The molecular weight excluding hydrogens is 592 g/mol. The number of anilines is 1. The Morgan fingerprint density at radius 2 is 1.59 bits per heavy atom. The molecule has 13 heteroatoms. The minimum absolute atomic E-state index is 0.0150. The first-order valence-electron chi connectivity index (χ1n) is 14.8. The summed E-state index contributed by atoms with van der Waals surface area (Å²) in [7, 11) is 0. The van der Waals surface area contributed by atoms with Crippen molar-refractivity contribution in [3.05, 3.63) is 29.3 Å². The van der Waals surface area contributed by atoms with Crippen molar-refractivity contribution in [3.63, 3.8) is 0 Å². The number of hydrogen-bond donors (Lipinski definition) is 0. The number of alkyl halides is 6. The molecule has 3 heterocycles. The van der Waals surface area contributed by atoms with Crippen molar-refractivity contribution in [3.8, 4) is 12.3 Å². The van der Waals surface area contributed by atoms with E-state index in [1.165, 1.54) is 0 Å². The lowest BCUT2D eigenvalue weighted by atomic mass is 9.84. The number of carbonyl (C=O) groups is 2. The van der Waals surface area contributed by atoms with Gasteiger partial charge in [-0.25, -0.2) is 4.79 Å². The van der Waals surface area contributed by atoms with Crippen molar-refractivity contribution < 1.29 is 45.4 Å². The van der Waals surface area contributed by atoms with E-state index in [4.69, 9.17) is 11.2 Å². The molecule has 1 spiro atoms. The number of esters is 1. The van der Waals surface area contributed by atoms with Crippen LogP contribution >= 0.6 is 0 Å². The molecule has 3 aliphatic rings. The van der Waals surface area contributed by atoms with Gasteiger partial charge in [0.15, 0.2) is 0 Å². The minimum Gasteiger partial charge on any atom is -0.460 e. The molecule has 0 aliphatic carbocycles. The monoisotopic (exact) mass is 631 g/mol. The van der Waals surface area contributed by atoms with E-state index in [9.17, 15) is 35.9 Å². The number of amides is 1. The van der Waals surface area contributed by atoms with Crippen LogP contribution in [-0.4, -0.2) is 84.2 Å². The summed E-state index contributed by atoms with van der Waals surface area (Å²) < 4.78 is 87.0. The number of terminal acetylenes is 1. The van der Waals surface area contributed by atoms with Crippen LogP contribution in [0.2, 0.25) is 0 Å². The first-order chi connectivity index (χ1) is 20.4. The molecule has 7 nitrogen and oxygen atoms in total. The SMILES string of the molecule is C#Cc1ccc(CN2CCCC23CCN(C(=O)OC(C(F)(F)F)C(F)(F)F)CC3)c(N2CCC(C(=O)OC(C)(C)C)CC2)c1. The Kier molecular flexibility index (Phi) is 9.74. The van der Waals surface area contributed by atoms with Crippen molar-refractivity contribution in [1.82, 2.24) is 9.80 Å². The van der Waals surface area contributed by atoms with Crippen LogP contribution in [0.15, 0.2) is 18.2 Å². The first kappa shape index (κ1) is 33.7. The van der Waals surface area contributed by atoms with Crippen LogP contribution in [0.3, 0.4) is 0 Å². The van der Waals surface area contributed by atoms with Gasteiger partial charge in [0.2, 0.25) is 0 Å². The van der Waals surface area contributed by atoms with Gasteiger partial charge in [-0.15, -0.1) is 6.42 Å². The van der Waals surface area contributed by atoms with Gasteiger partial charge in [-0.05, 0) is 83.5 Å². The van der Waals surface area contributed by atoms with Crippen molar-refractivity contribution >= 4 is 17.7 Å². The van der Waals surface area contributed by atoms with E-state index in [1.807, 2.05) is 39.0 Å². The molecule has 3 aliphatic heterocycles.